The number of thiazole rings is 1. The van der Waals surface area contributed by atoms with Gasteiger partial charge in [0, 0.05) is 36.8 Å². The van der Waals surface area contributed by atoms with E-state index in [1.165, 1.54) is 4.88 Å². The molecular weight excluding hydrogens is 322 g/mol. The van der Waals surface area contributed by atoms with E-state index in [2.05, 4.69) is 33.6 Å². The Labute approximate surface area is 146 Å². The van der Waals surface area contributed by atoms with Gasteiger partial charge in [0.1, 0.15) is 5.82 Å². The van der Waals surface area contributed by atoms with Crippen molar-refractivity contribution >= 4 is 17.2 Å². The van der Waals surface area contributed by atoms with Crippen LogP contribution < -0.4 is 5.32 Å². The molecule has 6 nitrogen and oxygen atoms in total. The van der Waals surface area contributed by atoms with E-state index in [-0.39, 0.29) is 18.0 Å². The maximum Gasteiger partial charge on any atom is 0.226 e. The van der Waals surface area contributed by atoms with Crippen molar-refractivity contribution in [1.82, 2.24) is 24.8 Å². The predicted molar refractivity (Wildman–Crippen MR) is 94.9 cm³/mol. The zero-order chi connectivity index (χ0) is 17.3. The number of hydrogen-bond donors (Lipinski definition) is 1. The number of carbonyl (C=O) groups is 1. The van der Waals surface area contributed by atoms with E-state index in [4.69, 9.17) is 4.98 Å². The van der Waals surface area contributed by atoms with Gasteiger partial charge < -0.3 is 9.88 Å². The largest absolute Gasteiger partial charge is 0.354 e. The molecule has 0 saturated carbocycles. The smallest absolute Gasteiger partial charge is 0.226 e. The third-order valence-electron chi connectivity index (χ3n) is 4.39. The van der Waals surface area contributed by atoms with Crippen molar-refractivity contribution in [3.8, 4) is 0 Å². The highest BCUT2D eigenvalue weighted by Gasteiger charge is 2.27. The number of fused-ring (bicyclic) bond motifs is 1. The summed E-state index contributed by atoms with van der Waals surface area (Å²) < 4.78 is 2.19. The monoisotopic (exact) mass is 347 g/mol. The molecule has 3 heterocycles. The molecule has 0 aromatic carbocycles. The molecule has 0 unspecified atom stereocenters. The number of amides is 1. The number of carbonyl (C=O) groups excluding carboxylic acids is 1. The third-order valence-corrected chi connectivity index (χ3v) is 5.31. The number of hydrogen-bond acceptors (Lipinski definition) is 5. The summed E-state index contributed by atoms with van der Waals surface area (Å²) in [5, 5.41) is 2.92. The highest BCUT2D eigenvalue weighted by atomic mass is 32.1. The first-order valence-electron chi connectivity index (χ1n) is 8.42. The van der Waals surface area contributed by atoms with Crippen LogP contribution in [0.2, 0.25) is 0 Å². The molecule has 0 fully saturated rings. The van der Waals surface area contributed by atoms with E-state index < -0.39 is 0 Å². The van der Waals surface area contributed by atoms with Crippen LogP contribution in [0.1, 0.15) is 48.9 Å². The van der Waals surface area contributed by atoms with Crippen LogP contribution >= 0.6 is 11.3 Å². The topological polar surface area (TPSA) is 63.1 Å². The van der Waals surface area contributed by atoms with Crippen LogP contribution in [-0.2, 0) is 24.3 Å². The van der Waals surface area contributed by atoms with E-state index >= 15 is 0 Å². The number of rotatable bonds is 5. The number of aromatic nitrogens is 3. The van der Waals surface area contributed by atoms with Gasteiger partial charge in [0.15, 0.2) is 0 Å². The quantitative estimate of drug-likeness (QED) is 0.901. The van der Waals surface area contributed by atoms with Gasteiger partial charge in [0.25, 0.3) is 0 Å². The zero-order valence-electron chi connectivity index (χ0n) is 14.7. The molecule has 1 N–H and O–H groups in total. The fraction of sp³-hybridized carbons (Fsp3) is 0.588. The molecule has 1 atom stereocenters. The predicted octanol–water partition coefficient (Wildman–Crippen LogP) is 2.29. The lowest BCUT2D eigenvalue weighted by atomic mass is 10.2. The summed E-state index contributed by atoms with van der Waals surface area (Å²) in [6.07, 6.45) is 2.37. The number of nitrogens with zero attached hydrogens (tertiary/aromatic N) is 4. The summed E-state index contributed by atoms with van der Waals surface area (Å²) >= 11 is 1.71. The lowest BCUT2D eigenvalue weighted by Crippen LogP contribution is -2.36. The molecule has 2 aromatic rings. The van der Waals surface area contributed by atoms with E-state index in [0.29, 0.717) is 6.42 Å². The Bertz CT molecular complexity index is 720. The first-order valence-corrected chi connectivity index (χ1v) is 9.30. The van der Waals surface area contributed by atoms with Crippen LogP contribution in [0.5, 0.6) is 0 Å². The van der Waals surface area contributed by atoms with Crippen LogP contribution in [0.15, 0.2) is 11.7 Å². The number of nitrogens with one attached hydrogen (secondary N) is 1. The Hall–Kier alpha value is -1.73. The summed E-state index contributed by atoms with van der Waals surface area (Å²) in [5.41, 5.74) is 3.88. The van der Waals surface area contributed by atoms with Crippen molar-refractivity contribution in [3.63, 3.8) is 0 Å². The Balaban J connectivity index is 1.70. The molecule has 24 heavy (non-hydrogen) atoms. The average molecular weight is 347 g/mol. The molecule has 0 spiro atoms. The lowest BCUT2D eigenvalue weighted by molar-refractivity contribution is -0.120. The van der Waals surface area contributed by atoms with Gasteiger partial charge >= 0.3 is 0 Å². The van der Waals surface area contributed by atoms with Gasteiger partial charge in [0.2, 0.25) is 5.91 Å². The maximum atomic E-state index is 12.0. The van der Waals surface area contributed by atoms with Gasteiger partial charge in [0.05, 0.1) is 29.4 Å². The van der Waals surface area contributed by atoms with Gasteiger partial charge in [-0.2, -0.15) is 0 Å². The molecule has 1 aliphatic heterocycles. The van der Waals surface area contributed by atoms with Crippen molar-refractivity contribution in [2.75, 3.05) is 6.54 Å². The molecule has 0 saturated heterocycles. The van der Waals surface area contributed by atoms with E-state index in [0.717, 1.165) is 36.8 Å². The average Bonchev–Trinajstić information content (AvgIpc) is 3.08. The fourth-order valence-electron chi connectivity index (χ4n) is 3.09. The van der Waals surface area contributed by atoms with Gasteiger partial charge in [-0.05, 0) is 27.7 Å². The second kappa shape index (κ2) is 7.03. The molecule has 0 bridgehead atoms. The highest BCUT2D eigenvalue weighted by molar-refractivity contribution is 7.09. The minimum atomic E-state index is 0.0326. The Kier molecular flexibility index (Phi) is 5.01. The van der Waals surface area contributed by atoms with Crippen LogP contribution in [0.3, 0.4) is 0 Å². The second-order valence-corrected chi connectivity index (χ2v) is 7.63. The van der Waals surface area contributed by atoms with E-state index in [9.17, 15) is 4.79 Å². The van der Waals surface area contributed by atoms with Crippen molar-refractivity contribution in [1.29, 1.82) is 0 Å². The molecule has 0 radical (unpaired) electrons. The summed E-state index contributed by atoms with van der Waals surface area (Å²) in [4.78, 5) is 24.8. The van der Waals surface area contributed by atoms with Gasteiger partial charge in [-0.15, -0.1) is 11.3 Å². The van der Waals surface area contributed by atoms with E-state index in [1.807, 2.05) is 25.6 Å². The third kappa shape index (κ3) is 3.67. The molecule has 7 heteroatoms. The summed E-state index contributed by atoms with van der Waals surface area (Å²) in [7, 11) is 0. The summed E-state index contributed by atoms with van der Waals surface area (Å²) in [5.74, 6) is 1.08. The van der Waals surface area contributed by atoms with Crippen LogP contribution in [0, 0.1) is 6.92 Å². The molecule has 3 rings (SSSR count). The minimum absolute atomic E-state index is 0.0326. The normalized spacial score (nSPS) is 18.0. The molecular formula is C17H25N5OS. The molecule has 2 aromatic heterocycles. The first-order chi connectivity index (χ1) is 11.4. The summed E-state index contributed by atoms with van der Waals surface area (Å²) in [6, 6.07) is 0.397. The fourth-order valence-corrected chi connectivity index (χ4v) is 3.89. The Morgan fingerprint density at radius 3 is 2.92 bits per heavy atom. The highest BCUT2D eigenvalue weighted by Crippen LogP contribution is 2.28. The minimum Gasteiger partial charge on any atom is -0.354 e. The van der Waals surface area contributed by atoms with Crippen molar-refractivity contribution in [2.45, 2.75) is 59.3 Å². The Morgan fingerprint density at radius 1 is 1.46 bits per heavy atom. The van der Waals surface area contributed by atoms with Crippen LogP contribution in [0.25, 0.3) is 0 Å². The second-order valence-electron chi connectivity index (χ2n) is 6.69. The summed E-state index contributed by atoms with van der Waals surface area (Å²) in [6.45, 7) is 11.0. The van der Waals surface area contributed by atoms with Crippen molar-refractivity contribution in [3.05, 3.63) is 33.8 Å². The Morgan fingerprint density at radius 2 is 2.25 bits per heavy atom. The SMILES string of the molecule is Cc1ncsc1CN1CCn2cc(CC(=O)NC(C)C)nc2[C@@H]1C. The molecule has 1 amide bonds. The van der Waals surface area contributed by atoms with Crippen molar-refractivity contribution in [2.24, 2.45) is 0 Å². The number of imidazole rings is 1. The van der Waals surface area contributed by atoms with Crippen LogP contribution in [0.4, 0.5) is 0 Å². The molecule has 0 aliphatic carbocycles. The molecule has 1 aliphatic rings. The standard InChI is InChI=1S/C17H25N5OS/c1-11(2)19-16(23)7-14-8-22-6-5-21(13(4)17(22)20-14)9-15-12(3)18-10-24-15/h8,10-11,13H,5-7,9H2,1-4H3,(H,19,23)/t13-/m0/s1. The maximum absolute atomic E-state index is 12.0. The van der Waals surface area contributed by atoms with Gasteiger partial charge in [-0.25, -0.2) is 9.97 Å². The first kappa shape index (κ1) is 17.1. The van der Waals surface area contributed by atoms with Gasteiger partial charge in [-0.1, -0.05) is 0 Å². The number of aryl methyl sites for hydroxylation is 1. The van der Waals surface area contributed by atoms with E-state index in [1.54, 1.807) is 11.3 Å². The lowest BCUT2D eigenvalue weighted by Gasteiger charge is -2.33. The zero-order valence-corrected chi connectivity index (χ0v) is 15.6. The van der Waals surface area contributed by atoms with Crippen LogP contribution in [-0.4, -0.2) is 37.9 Å². The molecule has 130 valence electrons. The van der Waals surface area contributed by atoms with Gasteiger partial charge in [-0.3, -0.25) is 9.69 Å². The van der Waals surface area contributed by atoms with Crippen molar-refractivity contribution < 1.29 is 4.79 Å².